The van der Waals surface area contributed by atoms with Gasteiger partial charge in [0.15, 0.2) is 0 Å². The third kappa shape index (κ3) is 10.3. The van der Waals surface area contributed by atoms with Crippen molar-refractivity contribution in [3.05, 3.63) is 90.3 Å². The fourth-order valence-electron chi connectivity index (χ4n) is 8.80. The number of aryl methyl sites for hydroxylation is 1. The lowest BCUT2D eigenvalue weighted by Crippen LogP contribution is -2.54. The van der Waals surface area contributed by atoms with Crippen molar-refractivity contribution in [1.82, 2.24) is 24.7 Å². The van der Waals surface area contributed by atoms with Crippen molar-refractivity contribution in [2.24, 2.45) is 17.3 Å². The van der Waals surface area contributed by atoms with E-state index in [2.05, 4.69) is 61.5 Å². The number of aliphatic hydroxyl groups is 1. The van der Waals surface area contributed by atoms with Crippen molar-refractivity contribution in [2.75, 3.05) is 33.9 Å². The second kappa shape index (κ2) is 20.3. The summed E-state index contributed by atoms with van der Waals surface area (Å²) in [6.45, 7) is 16.7. The lowest BCUT2D eigenvalue weighted by Gasteiger charge is -2.32. The van der Waals surface area contributed by atoms with E-state index in [1.165, 1.54) is 9.80 Å². The second-order valence-electron chi connectivity index (χ2n) is 17.1. The van der Waals surface area contributed by atoms with Gasteiger partial charge in [-0.3, -0.25) is 24.2 Å². The Labute approximate surface area is 359 Å². The molecule has 326 valence electrons. The van der Waals surface area contributed by atoms with Crippen molar-refractivity contribution < 1.29 is 38.6 Å². The highest BCUT2D eigenvalue weighted by molar-refractivity contribution is 5.95. The van der Waals surface area contributed by atoms with Gasteiger partial charge in [0.25, 0.3) is 6.47 Å². The van der Waals surface area contributed by atoms with Crippen LogP contribution in [-0.4, -0.2) is 107 Å². The normalized spacial score (nSPS) is 16.9. The number of aldehydes is 1. The average molecular weight is 836 g/mol. The molecule has 0 bridgehead atoms. The molecule has 1 saturated heterocycles. The van der Waals surface area contributed by atoms with Crippen LogP contribution in [0.4, 0.5) is 0 Å². The Balaban J connectivity index is 1.44. The van der Waals surface area contributed by atoms with E-state index in [1.807, 2.05) is 51.1 Å². The summed E-state index contributed by atoms with van der Waals surface area (Å²) in [7, 11) is 3.23. The van der Waals surface area contributed by atoms with Crippen LogP contribution < -0.4 is 5.32 Å². The number of amides is 3. The van der Waals surface area contributed by atoms with Gasteiger partial charge in [0, 0.05) is 55.3 Å². The third-order valence-corrected chi connectivity index (χ3v) is 11.8. The maximum Gasteiger partial charge on any atom is 0.293 e. The highest BCUT2D eigenvalue weighted by atomic mass is 16.5. The zero-order valence-corrected chi connectivity index (χ0v) is 36.7. The van der Waals surface area contributed by atoms with Crippen LogP contribution in [0.2, 0.25) is 0 Å². The van der Waals surface area contributed by atoms with E-state index in [9.17, 15) is 29.1 Å². The first-order valence-corrected chi connectivity index (χ1v) is 21.0. The molecule has 4 aromatic rings. The van der Waals surface area contributed by atoms with Gasteiger partial charge in [0.05, 0.1) is 48.7 Å². The molecule has 2 aromatic heterocycles. The van der Waals surface area contributed by atoms with Crippen LogP contribution in [0.1, 0.15) is 70.9 Å². The molecule has 1 fully saturated rings. The molecular formula is C48H61N5O8. The number of aromatic nitrogens is 2. The van der Waals surface area contributed by atoms with Crippen molar-refractivity contribution in [2.45, 2.75) is 91.6 Å². The Kier molecular flexibility index (Phi) is 15.4. The number of fused-ring (bicyclic) bond motifs is 1. The number of ether oxygens (including phenoxy) is 2. The van der Waals surface area contributed by atoms with Crippen LogP contribution >= 0.6 is 0 Å². The standard InChI is InChI=1S/C48H61N5O8/c1-10-42(57)53-25-35(22-37(53)27-55)47(59)51(8)44(30(3)4)46(58)50-36(26-54)21-32-14-12-15-33(20-32)34-17-18-41-39(23-34)40(24-48(6,7)28-61-29-56)45(52(41)11-2)38-16-13-19-49-43(38)31(5)60-9/h10,12-20,23,26,29-31,35-37,44,55H,1,11,21-22,24-25,27-28H2,2-9H3,(H,50,58). The summed E-state index contributed by atoms with van der Waals surface area (Å²) in [5, 5.41) is 13.8. The predicted molar refractivity (Wildman–Crippen MR) is 235 cm³/mol. The zero-order valence-electron chi connectivity index (χ0n) is 36.7. The minimum atomic E-state index is -0.880. The molecule has 0 saturated carbocycles. The van der Waals surface area contributed by atoms with Crippen LogP contribution in [-0.2, 0) is 52.8 Å². The number of methoxy groups -OCH3 is 1. The number of nitrogens with zero attached hydrogens (tertiary/aromatic N) is 4. The quantitative estimate of drug-likeness (QED) is 0.0811. The monoisotopic (exact) mass is 835 g/mol. The Morgan fingerprint density at radius 2 is 1.82 bits per heavy atom. The van der Waals surface area contributed by atoms with E-state index < -0.39 is 35.4 Å². The maximum atomic E-state index is 13.9. The van der Waals surface area contributed by atoms with E-state index in [4.69, 9.17) is 14.5 Å². The average Bonchev–Trinajstić information content (AvgIpc) is 3.83. The first-order valence-electron chi connectivity index (χ1n) is 21.0. The molecule has 3 heterocycles. The first kappa shape index (κ1) is 46.4. The number of aliphatic hydroxyl groups excluding tert-OH is 1. The summed E-state index contributed by atoms with van der Waals surface area (Å²) < 4.78 is 13.3. The molecule has 0 spiro atoms. The lowest BCUT2D eigenvalue weighted by molar-refractivity contribution is -0.143. The smallest absolute Gasteiger partial charge is 0.293 e. The molecule has 13 nitrogen and oxygen atoms in total. The van der Waals surface area contributed by atoms with E-state index in [-0.39, 0.29) is 56.4 Å². The molecule has 5 atom stereocenters. The Bertz CT molecular complexity index is 2230. The molecule has 0 aliphatic carbocycles. The van der Waals surface area contributed by atoms with Crippen molar-refractivity contribution in [1.29, 1.82) is 0 Å². The minimum Gasteiger partial charge on any atom is -0.467 e. The largest absolute Gasteiger partial charge is 0.467 e. The van der Waals surface area contributed by atoms with Crippen LogP contribution in [0.25, 0.3) is 33.3 Å². The molecule has 2 N–H and O–H groups in total. The van der Waals surface area contributed by atoms with Gasteiger partial charge >= 0.3 is 0 Å². The van der Waals surface area contributed by atoms with E-state index >= 15 is 0 Å². The molecule has 2 aromatic carbocycles. The Morgan fingerprint density at radius 1 is 1.08 bits per heavy atom. The number of likely N-dealkylation sites (tertiary alicyclic amines) is 1. The van der Waals surface area contributed by atoms with Crippen molar-refractivity contribution >= 4 is 41.4 Å². The fraction of sp³-hybridized carbons (Fsp3) is 0.458. The van der Waals surface area contributed by atoms with Crippen LogP contribution in [0.5, 0.6) is 0 Å². The van der Waals surface area contributed by atoms with Crippen molar-refractivity contribution in [3.8, 4) is 22.4 Å². The van der Waals surface area contributed by atoms with E-state index in [1.54, 1.807) is 20.4 Å². The summed E-state index contributed by atoms with van der Waals surface area (Å²) in [6, 6.07) is 16.0. The van der Waals surface area contributed by atoms with Crippen LogP contribution in [0.3, 0.4) is 0 Å². The number of carbonyl (C=O) groups excluding carboxylic acids is 5. The number of carbonyl (C=O) groups is 5. The predicted octanol–water partition coefficient (Wildman–Crippen LogP) is 5.94. The molecular weight excluding hydrogens is 775 g/mol. The molecule has 1 aliphatic rings. The number of hydrogen-bond acceptors (Lipinski definition) is 9. The van der Waals surface area contributed by atoms with Gasteiger partial charge in [0.2, 0.25) is 17.7 Å². The summed E-state index contributed by atoms with van der Waals surface area (Å²) in [6.07, 6.45) is 4.50. The van der Waals surface area contributed by atoms with Gasteiger partial charge in [-0.1, -0.05) is 64.6 Å². The van der Waals surface area contributed by atoms with Gasteiger partial charge in [0.1, 0.15) is 12.3 Å². The number of rotatable bonds is 20. The van der Waals surface area contributed by atoms with Gasteiger partial charge in [-0.25, -0.2) is 0 Å². The molecule has 3 amide bonds. The minimum absolute atomic E-state index is 0.117. The molecule has 1 aliphatic heterocycles. The fourth-order valence-corrected chi connectivity index (χ4v) is 8.80. The lowest BCUT2D eigenvalue weighted by atomic mass is 9.84. The van der Waals surface area contributed by atoms with E-state index in [0.717, 1.165) is 56.2 Å². The maximum absolute atomic E-state index is 13.9. The van der Waals surface area contributed by atoms with Crippen LogP contribution in [0, 0.1) is 17.3 Å². The van der Waals surface area contributed by atoms with Gasteiger partial charge in [-0.15, -0.1) is 0 Å². The number of hydrogen-bond donors (Lipinski definition) is 2. The first-order chi connectivity index (χ1) is 29.1. The Hall–Kier alpha value is -5.66. The van der Waals surface area contributed by atoms with E-state index in [0.29, 0.717) is 25.7 Å². The zero-order chi connectivity index (χ0) is 44.6. The third-order valence-electron chi connectivity index (χ3n) is 11.8. The molecule has 13 heteroatoms. The highest BCUT2D eigenvalue weighted by Crippen LogP contribution is 2.42. The van der Waals surface area contributed by atoms with Gasteiger partial charge in [-0.05, 0) is 91.6 Å². The molecule has 5 unspecified atom stereocenters. The summed E-state index contributed by atoms with van der Waals surface area (Å²) in [5.74, 6) is -2.02. The summed E-state index contributed by atoms with van der Waals surface area (Å²) in [4.78, 5) is 71.3. The molecule has 0 radical (unpaired) electrons. The Morgan fingerprint density at radius 3 is 2.46 bits per heavy atom. The highest BCUT2D eigenvalue weighted by Gasteiger charge is 2.41. The van der Waals surface area contributed by atoms with Gasteiger partial charge < -0.3 is 39.1 Å². The summed E-state index contributed by atoms with van der Waals surface area (Å²) in [5.41, 5.74) is 7.31. The summed E-state index contributed by atoms with van der Waals surface area (Å²) >= 11 is 0. The molecule has 61 heavy (non-hydrogen) atoms. The number of benzene rings is 2. The van der Waals surface area contributed by atoms with Gasteiger partial charge in [-0.2, -0.15) is 0 Å². The number of likely N-dealkylation sites (N-methyl/N-ethyl adjacent to an activating group) is 1. The van der Waals surface area contributed by atoms with Crippen molar-refractivity contribution in [3.63, 3.8) is 0 Å². The topological polar surface area (TPSA) is 160 Å². The molecule has 5 rings (SSSR count). The number of nitrogens with one attached hydrogen (secondary N) is 1. The van der Waals surface area contributed by atoms with Crippen LogP contribution in [0.15, 0.2) is 73.4 Å². The SMILES string of the molecule is C=CC(=O)N1CC(C(=O)N(C)C(C(=O)NC(C=O)Cc2cccc(-c3ccc4c(c3)c(CC(C)(C)COC=O)c(-c3cccnc3C(C)OC)n4CC)c2)C(C)C)CC1CO. The number of pyridine rings is 1. The second-order valence-corrected chi connectivity index (χ2v) is 17.1.